The van der Waals surface area contributed by atoms with E-state index in [0.29, 0.717) is 36.8 Å². The van der Waals surface area contributed by atoms with Gasteiger partial charge in [0.1, 0.15) is 5.92 Å². The van der Waals surface area contributed by atoms with Crippen molar-refractivity contribution in [1.82, 2.24) is 10.3 Å². The maximum Gasteiger partial charge on any atom is 0.482 e. The molecule has 1 saturated heterocycles. The smallest absolute Gasteiger partial charge is 0.482 e. The fraction of sp³-hybridized carbons (Fsp3) is 0.447. The number of pyridine rings is 1. The Morgan fingerprint density at radius 1 is 1.13 bits per heavy atom. The first-order valence-corrected chi connectivity index (χ1v) is 16.5. The number of carbonyl (C=O) groups excluding carboxylic acids is 1. The first-order valence-electron chi connectivity index (χ1n) is 16.5. The molecule has 9 heteroatoms. The van der Waals surface area contributed by atoms with Crippen LogP contribution >= 0.6 is 0 Å². The summed E-state index contributed by atoms with van der Waals surface area (Å²) in [5.74, 6) is 5.46. The van der Waals surface area contributed by atoms with E-state index in [1.54, 1.807) is 30.5 Å². The number of ether oxygens (including phenoxy) is 1. The third kappa shape index (κ3) is 7.08. The second-order valence-corrected chi connectivity index (χ2v) is 13.7. The normalized spacial score (nSPS) is 24.8. The topological polar surface area (TPSA) is 93.5 Å². The Kier molecular flexibility index (Phi) is 9.68. The van der Waals surface area contributed by atoms with Gasteiger partial charge in [0.25, 0.3) is 0 Å². The van der Waals surface area contributed by atoms with Crippen molar-refractivity contribution in [2.75, 3.05) is 6.61 Å². The number of halogens is 1. The summed E-state index contributed by atoms with van der Waals surface area (Å²) >= 11 is 0. The number of carbonyl (C=O) groups is 1. The van der Waals surface area contributed by atoms with Crippen LogP contribution in [0, 0.1) is 46.2 Å². The molecule has 3 aromatic rings. The highest BCUT2D eigenvalue weighted by molar-refractivity contribution is 6.48. The molecule has 47 heavy (non-hydrogen) atoms. The Bertz CT molecular complexity index is 1670. The molecule has 4 aliphatic rings. The van der Waals surface area contributed by atoms with Gasteiger partial charge in [-0.05, 0) is 85.3 Å². The van der Waals surface area contributed by atoms with Crippen LogP contribution < -0.4 is 10.1 Å². The predicted molar refractivity (Wildman–Crippen MR) is 177 cm³/mol. The Labute approximate surface area is 277 Å². The van der Waals surface area contributed by atoms with Crippen LogP contribution in [0.4, 0.5) is 4.39 Å². The van der Waals surface area contributed by atoms with Gasteiger partial charge in [-0.1, -0.05) is 62.2 Å². The summed E-state index contributed by atoms with van der Waals surface area (Å²) in [7, 11) is -0.560. The maximum atomic E-state index is 14.6. The third-order valence-electron chi connectivity index (χ3n) is 10.4. The summed E-state index contributed by atoms with van der Waals surface area (Å²) in [6.07, 6.45) is 5.44. The van der Waals surface area contributed by atoms with Gasteiger partial charge < -0.3 is 19.4 Å². The Balaban J connectivity index is 1.04. The van der Waals surface area contributed by atoms with E-state index in [-0.39, 0.29) is 47.7 Å². The van der Waals surface area contributed by atoms with E-state index in [2.05, 4.69) is 49.0 Å². The molecular weight excluding hydrogens is 592 g/mol. The molecule has 0 spiro atoms. The molecular formula is C38H41BFN3O4. The number of aryl methyl sites for hydroxylation is 1. The van der Waals surface area contributed by atoms with Gasteiger partial charge in [-0.2, -0.15) is 5.26 Å². The minimum absolute atomic E-state index is 0.0117. The van der Waals surface area contributed by atoms with Crippen molar-refractivity contribution < 1.29 is 23.2 Å². The summed E-state index contributed by atoms with van der Waals surface area (Å²) in [6, 6.07) is 22.3. The lowest BCUT2D eigenvalue weighted by Gasteiger charge is -2.64. The van der Waals surface area contributed by atoms with E-state index in [1.165, 1.54) is 6.07 Å². The first-order chi connectivity index (χ1) is 22.7. The fourth-order valence-electron chi connectivity index (χ4n) is 7.60. The number of benzene rings is 2. The zero-order valence-electron chi connectivity index (χ0n) is 27.2. The van der Waals surface area contributed by atoms with Gasteiger partial charge in [0, 0.05) is 12.6 Å². The average molecular weight is 634 g/mol. The number of amides is 1. The molecule has 1 aliphatic heterocycles. The molecule has 0 radical (unpaired) electrons. The summed E-state index contributed by atoms with van der Waals surface area (Å²) in [5.41, 5.74) is 2.39. The van der Waals surface area contributed by atoms with Crippen molar-refractivity contribution >= 4 is 13.0 Å². The lowest BCUT2D eigenvalue weighted by molar-refractivity contribution is -0.199. The molecule has 4 fully saturated rings. The van der Waals surface area contributed by atoms with Crippen LogP contribution in [0.1, 0.15) is 69.2 Å². The standard InChI is InChI=1S/C38H41BFN3O4/c1-37(2)29-23-33(37)38(3)34(24-29)46-39(47-38)35(22-26-11-5-4-6-12-26)43-36(44)18-20-45-32-21-27(16-17-30(32)40)13-7-8-14-28(25-41)31-15-9-10-19-42-31/h4-6,9-12,15-17,19,21,28-29,33-35H,7,13,18,20,22-24H2,1-3H3,(H,43,44)/t28?,29-,33-,34+,35-,38-/m0/s1. The highest BCUT2D eigenvalue weighted by Gasteiger charge is 2.68. The number of rotatable bonds is 11. The van der Waals surface area contributed by atoms with Crippen LogP contribution in [-0.4, -0.2) is 42.3 Å². The number of hydrogen-bond acceptors (Lipinski definition) is 6. The zero-order valence-corrected chi connectivity index (χ0v) is 27.2. The Morgan fingerprint density at radius 2 is 1.94 bits per heavy atom. The Morgan fingerprint density at radius 3 is 2.68 bits per heavy atom. The number of aromatic nitrogens is 1. The van der Waals surface area contributed by atoms with Crippen molar-refractivity contribution in [2.24, 2.45) is 17.3 Å². The Hall–Kier alpha value is -4.18. The number of nitrogens with one attached hydrogen (secondary N) is 1. The van der Waals surface area contributed by atoms with Crippen LogP contribution in [0.15, 0.2) is 72.9 Å². The van der Waals surface area contributed by atoms with Crippen molar-refractivity contribution in [3.05, 3.63) is 95.6 Å². The third-order valence-corrected chi connectivity index (χ3v) is 10.4. The highest BCUT2D eigenvalue weighted by atomic mass is 19.1. The van der Waals surface area contributed by atoms with E-state index in [4.69, 9.17) is 14.0 Å². The van der Waals surface area contributed by atoms with Crippen LogP contribution in [0.3, 0.4) is 0 Å². The maximum absolute atomic E-state index is 14.6. The van der Waals surface area contributed by atoms with Crippen LogP contribution in [-0.2, 0) is 26.9 Å². The van der Waals surface area contributed by atoms with E-state index in [9.17, 15) is 14.4 Å². The van der Waals surface area contributed by atoms with Gasteiger partial charge in [-0.3, -0.25) is 9.78 Å². The second-order valence-electron chi connectivity index (χ2n) is 13.7. The van der Waals surface area contributed by atoms with Crippen molar-refractivity contribution in [3.63, 3.8) is 0 Å². The lowest BCUT2D eigenvalue weighted by atomic mass is 9.43. The minimum Gasteiger partial charge on any atom is -0.490 e. The fourth-order valence-corrected chi connectivity index (χ4v) is 7.60. The predicted octanol–water partition coefficient (Wildman–Crippen LogP) is 6.23. The van der Waals surface area contributed by atoms with Crippen LogP contribution in [0.25, 0.3) is 0 Å². The van der Waals surface area contributed by atoms with Gasteiger partial charge >= 0.3 is 7.12 Å². The van der Waals surface area contributed by atoms with Crippen LogP contribution in [0.2, 0.25) is 0 Å². The molecule has 1 aromatic heterocycles. The van der Waals surface area contributed by atoms with Gasteiger partial charge in [0.2, 0.25) is 5.91 Å². The molecule has 2 bridgehead atoms. The molecule has 7 nitrogen and oxygen atoms in total. The molecule has 3 aliphatic carbocycles. The van der Waals surface area contributed by atoms with E-state index >= 15 is 0 Å². The largest absolute Gasteiger partial charge is 0.490 e. The average Bonchev–Trinajstić information content (AvgIpc) is 3.44. The summed E-state index contributed by atoms with van der Waals surface area (Å²) < 4.78 is 33.6. The zero-order chi connectivity index (χ0) is 33.0. The number of nitriles is 1. The summed E-state index contributed by atoms with van der Waals surface area (Å²) in [5, 5.41) is 12.6. The SMILES string of the molecule is CC1(C)[C@@H]2C[C@H]3OB([C@H](Cc4ccccc4)NC(=O)CCOc4cc(CCC#CC(C#N)c5ccccn5)ccc4F)O[C@@]3(C)[C@H]1C2. The quantitative estimate of drug-likeness (QED) is 0.199. The molecule has 1 unspecified atom stereocenters. The van der Waals surface area contributed by atoms with E-state index < -0.39 is 18.9 Å². The molecule has 3 saturated carbocycles. The number of hydrogen-bond donors (Lipinski definition) is 1. The lowest BCUT2D eigenvalue weighted by Crippen LogP contribution is -2.65. The van der Waals surface area contributed by atoms with Gasteiger partial charge in [0.15, 0.2) is 11.6 Å². The summed E-state index contributed by atoms with van der Waals surface area (Å²) in [6.45, 7) is 6.85. The molecule has 1 amide bonds. The number of nitrogens with zero attached hydrogens (tertiary/aromatic N) is 2. The van der Waals surface area contributed by atoms with Crippen molar-refractivity contribution in [2.45, 2.75) is 82.9 Å². The molecule has 1 N–H and O–H groups in total. The summed E-state index contributed by atoms with van der Waals surface area (Å²) in [4.78, 5) is 17.4. The van der Waals surface area contributed by atoms with Crippen molar-refractivity contribution in [1.29, 1.82) is 5.26 Å². The molecule has 2 heterocycles. The van der Waals surface area contributed by atoms with Gasteiger partial charge in [0.05, 0.1) is 42.4 Å². The van der Waals surface area contributed by atoms with Gasteiger partial charge in [-0.15, -0.1) is 5.92 Å². The monoisotopic (exact) mass is 633 g/mol. The minimum atomic E-state index is -0.599. The molecule has 7 rings (SSSR count). The second kappa shape index (κ2) is 13.9. The van der Waals surface area contributed by atoms with Gasteiger partial charge in [-0.25, -0.2) is 4.39 Å². The molecule has 242 valence electrons. The van der Waals surface area contributed by atoms with Crippen LogP contribution in [0.5, 0.6) is 5.75 Å². The highest BCUT2D eigenvalue weighted by Crippen LogP contribution is 2.65. The van der Waals surface area contributed by atoms with E-state index in [0.717, 1.165) is 24.0 Å². The van der Waals surface area contributed by atoms with E-state index in [1.807, 2.05) is 36.4 Å². The molecule has 6 atom stereocenters. The molecule has 2 aromatic carbocycles. The van der Waals surface area contributed by atoms with Crippen molar-refractivity contribution in [3.8, 4) is 23.7 Å². The first kappa shape index (κ1) is 32.8.